The molecule has 3 unspecified atom stereocenters. The second-order valence-electron chi connectivity index (χ2n) is 17.5. The molecule has 0 fully saturated rings. The predicted octanol–water partition coefficient (Wildman–Crippen LogP) is 14.1. The summed E-state index contributed by atoms with van der Waals surface area (Å²) in [6.45, 7) is 4.67. The summed E-state index contributed by atoms with van der Waals surface area (Å²) < 4.78 is 23.6. The molecule has 0 bridgehead atoms. The van der Waals surface area contributed by atoms with E-state index in [-0.39, 0.29) is 19.1 Å². The van der Waals surface area contributed by atoms with E-state index in [1.165, 1.54) is 77.0 Å². The van der Waals surface area contributed by atoms with Crippen LogP contribution in [0, 0.1) is 0 Å². The fourth-order valence-electron chi connectivity index (χ4n) is 6.51. The van der Waals surface area contributed by atoms with Gasteiger partial charge in [0.2, 0.25) is 5.91 Å². The number of phosphoric acid groups is 1. The summed E-state index contributed by atoms with van der Waals surface area (Å²) in [6, 6.07) is -0.865. The Balaban J connectivity index is 4.43. The highest BCUT2D eigenvalue weighted by atomic mass is 31.2. The minimum absolute atomic E-state index is 0.0516. The van der Waals surface area contributed by atoms with Crippen molar-refractivity contribution in [3.63, 3.8) is 0 Å². The first-order valence-corrected chi connectivity index (χ1v) is 26.0. The number of aliphatic hydroxyl groups excluding tert-OH is 1. The molecule has 61 heavy (non-hydrogen) atoms. The fourth-order valence-corrected chi connectivity index (χ4v) is 7.25. The standard InChI is InChI=1S/C52H93N2O6P/c1-6-8-10-12-14-16-18-20-22-24-25-26-27-28-29-30-32-34-36-38-40-42-44-46-52(56)53-50(49-60-61(57,58)59-48-47-54(3,4)5)51(55)45-43-41-39-37-35-33-31-23-21-19-17-15-13-11-9-7-2/h8,10,14,16,20,22,25-26,28-29,32,34,43,45,50-51,55H,6-7,9,11-13,15,17-19,21,23-24,27,30-31,33,35-42,44,46-49H2,1-5H3,(H-,53,56,57,58)/p+1/b10-8-,16-14-,22-20-,26-25-,29-28-,34-32-,45-43+. The number of phosphoric ester groups is 1. The summed E-state index contributed by atoms with van der Waals surface area (Å²) in [7, 11) is 1.54. The van der Waals surface area contributed by atoms with Gasteiger partial charge in [0.25, 0.3) is 0 Å². The van der Waals surface area contributed by atoms with Crippen LogP contribution in [0.4, 0.5) is 0 Å². The Hall–Kier alpha value is -2.32. The van der Waals surface area contributed by atoms with Gasteiger partial charge in [0.1, 0.15) is 13.2 Å². The van der Waals surface area contributed by atoms with Crippen LogP contribution in [0.25, 0.3) is 0 Å². The number of hydrogen-bond donors (Lipinski definition) is 3. The van der Waals surface area contributed by atoms with Gasteiger partial charge in [0, 0.05) is 6.42 Å². The summed E-state index contributed by atoms with van der Waals surface area (Å²) in [5.41, 5.74) is 0. The van der Waals surface area contributed by atoms with E-state index in [1.807, 2.05) is 27.2 Å². The van der Waals surface area contributed by atoms with Crippen LogP contribution in [0.1, 0.15) is 187 Å². The van der Waals surface area contributed by atoms with Gasteiger partial charge >= 0.3 is 7.82 Å². The zero-order chi connectivity index (χ0) is 45.0. The maximum absolute atomic E-state index is 12.9. The number of likely N-dealkylation sites (N-methyl/N-ethyl adjacent to an activating group) is 1. The second-order valence-corrected chi connectivity index (χ2v) is 18.9. The number of quaternary nitrogens is 1. The van der Waals surface area contributed by atoms with Crippen molar-refractivity contribution in [3.05, 3.63) is 85.1 Å². The summed E-state index contributed by atoms with van der Waals surface area (Å²) in [5, 5.41) is 13.8. The van der Waals surface area contributed by atoms with Crippen molar-refractivity contribution >= 4 is 13.7 Å². The van der Waals surface area contributed by atoms with Crippen LogP contribution in [0.3, 0.4) is 0 Å². The van der Waals surface area contributed by atoms with Crippen molar-refractivity contribution in [2.45, 2.75) is 199 Å². The van der Waals surface area contributed by atoms with Crippen LogP contribution >= 0.6 is 7.82 Å². The fraction of sp³-hybridized carbons (Fsp3) is 0.712. The molecule has 8 nitrogen and oxygen atoms in total. The van der Waals surface area contributed by atoms with Gasteiger partial charge in [-0.2, -0.15) is 0 Å². The highest BCUT2D eigenvalue weighted by Crippen LogP contribution is 2.43. The molecular weight excluding hydrogens is 780 g/mol. The SMILES string of the molecule is CC/C=C\C/C=C\C/C=C\C/C=C\C/C=C\C/C=C\CCCCCCC(=O)NC(COP(=O)(O)OCC[N+](C)(C)C)C(O)/C=C/CCCCCCCCCCCCCCCC. The topological polar surface area (TPSA) is 105 Å². The van der Waals surface area contributed by atoms with Crippen molar-refractivity contribution < 1.29 is 32.9 Å². The minimum Gasteiger partial charge on any atom is -0.387 e. The number of rotatable bonds is 43. The Morgan fingerprint density at radius 2 is 0.984 bits per heavy atom. The molecule has 0 radical (unpaired) electrons. The lowest BCUT2D eigenvalue weighted by Gasteiger charge is -2.25. The second kappa shape index (κ2) is 43.0. The first-order chi connectivity index (χ1) is 29.5. The number of amides is 1. The van der Waals surface area contributed by atoms with Gasteiger partial charge in [0.05, 0.1) is 39.9 Å². The molecule has 0 aromatic carbocycles. The normalized spacial score (nSPS) is 14.9. The van der Waals surface area contributed by atoms with Gasteiger partial charge in [-0.25, -0.2) is 4.57 Å². The smallest absolute Gasteiger partial charge is 0.387 e. The molecule has 9 heteroatoms. The average Bonchev–Trinajstić information content (AvgIpc) is 3.21. The number of aliphatic hydroxyl groups is 1. The Labute approximate surface area is 376 Å². The van der Waals surface area contributed by atoms with Crippen LogP contribution in [0.5, 0.6) is 0 Å². The first-order valence-electron chi connectivity index (χ1n) is 24.5. The van der Waals surface area contributed by atoms with E-state index in [2.05, 4.69) is 92.1 Å². The molecule has 0 rings (SSSR count). The van der Waals surface area contributed by atoms with Crippen molar-refractivity contribution in [2.24, 2.45) is 0 Å². The zero-order valence-electron chi connectivity index (χ0n) is 39.9. The van der Waals surface area contributed by atoms with Crippen molar-refractivity contribution in [1.29, 1.82) is 0 Å². The lowest BCUT2D eigenvalue weighted by Crippen LogP contribution is -2.45. The molecule has 0 saturated carbocycles. The molecule has 0 aromatic heterocycles. The number of allylic oxidation sites excluding steroid dienone is 13. The summed E-state index contributed by atoms with van der Waals surface area (Å²) in [6.07, 6.45) is 59.4. The van der Waals surface area contributed by atoms with Gasteiger partial charge < -0.3 is 19.8 Å². The van der Waals surface area contributed by atoms with E-state index in [9.17, 15) is 19.4 Å². The molecule has 0 aliphatic heterocycles. The van der Waals surface area contributed by atoms with Crippen molar-refractivity contribution in [3.8, 4) is 0 Å². The lowest BCUT2D eigenvalue weighted by atomic mass is 10.0. The maximum Gasteiger partial charge on any atom is 0.472 e. The lowest BCUT2D eigenvalue weighted by molar-refractivity contribution is -0.870. The quantitative estimate of drug-likeness (QED) is 0.0244. The predicted molar refractivity (Wildman–Crippen MR) is 263 cm³/mol. The van der Waals surface area contributed by atoms with E-state index in [0.29, 0.717) is 17.4 Å². The van der Waals surface area contributed by atoms with E-state index >= 15 is 0 Å². The molecule has 0 aliphatic rings. The molecule has 3 N–H and O–H groups in total. The number of nitrogens with one attached hydrogen (secondary N) is 1. The third-order valence-electron chi connectivity index (χ3n) is 10.4. The highest BCUT2D eigenvalue weighted by molar-refractivity contribution is 7.47. The van der Waals surface area contributed by atoms with Gasteiger partial charge in [-0.15, -0.1) is 0 Å². The average molecular weight is 874 g/mol. The maximum atomic E-state index is 12.9. The van der Waals surface area contributed by atoms with Crippen molar-refractivity contribution in [1.82, 2.24) is 5.32 Å². The molecule has 1 amide bonds. The number of hydrogen-bond acceptors (Lipinski definition) is 5. The third-order valence-corrected chi connectivity index (χ3v) is 11.4. The number of nitrogens with zero attached hydrogens (tertiary/aromatic N) is 1. The monoisotopic (exact) mass is 874 g/mol. The molecular formula is C52H94N2O6P+. The third kappa shape index (κ3) is 45.5. The minimum atomic E-state index is -4.35. The van der Waals surface area contributed by atoms with Gasteiger partial charge in [-0.3, -0.25) is 13.8 Å². The molecule has 0 saturated heterocycles. The Morgan fingerprint density at radius 3 is 1.44 bits per heavy atom. The first kappa shape index (κ1) is 58.7. The van der Waals surface area contributed by atoms with Gasteiger partial charge in [-0.1, -0.05) is 195 Å². The Kier molecular flexibility index (Phi) is 41.3. The molecule has 0 aliphatic carbocycles. The molecule has 0 aromatic rings. The van der Waals surface area contributed by atoms with Crippen LogP contribution in [-0.2, 0) is 18.4 Å². The summed E-state index contributed by atoms with van der Waals surface area (Å²) >= 11 is 0. The Morgan fingerprint density at radius 1 is 0.574 bits per heavy atom. The van der Waals surface area contributed by atoms with Crippen LogP contribution in [0.2, 0.25) is 0 Å². The van der Waals surface area contributed by atoms with Crippen molar-refractivity contribution in [2.75, 3.05) is 40.9 Å². The molecule has 352 valence electrons. The van der Waals surface area contributed by atoms with Crippen LogP contribution in [-0.4, -0.2) is 73.4 Å². The summed E-state index contributed by atoms with van der Waals surface area (Å²) in [4.78, 5) is 23.2. The van der Waals surface area contributed by atoms with Gasteiger partial charge in [-0.05, 0) is 70.6 Å². The number of carbonyl (C=O) groups excluding carboxylic acids is 1. The molecule has 3 atom stereocenters. The van der Waals surface area contributed by atoms with Gasteiger partial charge in [0.15, 0.2) is 0 Å². The zero-order valence-corrected chi connectivity index (χ0v) is 40.8. The molecule has 0 heterocycles. The highest BCUT2D eigenvalue weighted by Gasteiger charge is 2.27. The van der Waals surface area contributed by atoms with Crippen LogP contribution in [0.15, 0.2) is 85.1 Å². The number of carbonyl (C=O) groups is 1. The van der Waals surface area contributed by atoms with Crippen LogP contribution < -0.4 is 5.32 Å². The molecule has 0 spiro atoms. The Bertz CT molecular complexity index is 1260. The van der Waals surface area contributed by atoms with E-state index < -0.39 is 20.0 Å². The van der Waals surface area contributed by atoms with E-state index in [4.69, 9.17) is 9.05 Å². The number of unbranched alkanes of at least 4 members (excludes halogenated alkanes) is 18. The van der Waals surface area contributed by atoms with E-state index in [0.717, 1.165) is 89.9 Å². The van der Waals surface area contributed by atoms with E-state index in [1.54, 1.807) is 6.08 Å². The largest absolute Gasteiger partial charge is 0.472 e. The summed E-state index contributed by atoms with van der Waals surface area (Å²) in [5.74, 6) is -0.205.